The molecule has 0 fully saturated rings. The van der Waals surface area contributed by atoms with Crippen molar-refractivity contribution in [2.75, 3.05) is 22.7 Å². The van der Waals surface area contributed by atoms with Gasteiger partial charge in [0, 0.05) is 17.9 Å². The maximum atomic E-state index is 15.4. The van der Waals surface area contributed by atoms with E-state index in [1.165, 1.54) is 55.5 Å². The van der Waals surface area contributed by atoms with Crippen LogP contribution < -0.4 is 14.9 Å². The van der Waals surface area contributed by atoms with Crippen molar-refractivity contribution in [3.05, 3.63) is 101 Å². The fourth-order valence-electron chi connectivity index (χ4n) is 4.85. The molecule has 9 heteroatoms. The second-order valence-electron chi connectivity index (χ2n) is 11.4. The number of aromatic nitrogens is 1. The van der Waals surface area contributed by atoms with Crippen LogP contribution in [-0.4, -0.2) is 26.5 Å². The number of nitrogens with one attached hydrogen (secondary N) is 2. The number of sulfonamides is 1. The first-order valence-corrected chi connectivity index (χ1v) is 17.8. The SMILES string of the molecule is C=C(C)N(c1cc(F)c(S(=O)(=O)Nc2cccc(F)n2)cc1C)[C@H](C)c1ccccc1C1=CCNCCC1.CCCC.CCCC. The normalized spacial score (nSPS) is 13.5. The molecule has 46 heavy (non-hydrogen) atoms. The van der Waals surface area contributed by atoms with Gasteiger partial charge in [-0.05, 0) is 86.7 Å². The van der Waals surface area contributed by atoms with Gasteiger partial charge in [-0.1, -0.05) is 96.4 Å². The molecule has 2 heterocycles. The molecular weight excluding hydrogens is 602 g/mol. The van der Waals surface area contributed by atoms with Crippen molar-refractivity contribution in [2.45, 2.75) is 97.9 Å². The number of hydrogen-bond donors (Lipinski definition) is 2. The summed E-state index contributed by atoms with van der Waals surface area (Å²) in [5, 5.41) is 3.39. The summed E-state index contributed by atoms with van der Waals surface area (Å²) in [6.07, 6.45) is 9.49. The van der Waals surface area contributed by atoms with Crippen molar-refractivity contribution in [3.63, 3.8) is 0 Å². The van der Waals surface area contributed by atoms with E-state index in [4.69, 9.17) is 0 Å². The van der Waals surface area contributed by atoms with Crippen molar-refractivity contribution in [2.24, 2.45) is 0 Å². The molecule has 2 N–H and O–H groups in total. The fraction of sp³-hybridized carbons (Fsp3) is 0.432. The summed E-state index contributed by atoms with van der Waals surface area (Å²) in [6.45, 7) is 20.2. The second-order valence-corrected chi connectivity index (χ2v) is 13.1. The molecule has 1 aliphatic rings. The van der Waals surface area contributed by atoms with Gasteiger partial charge in [0.1, 0.15) is 16.5 Å². The lowest BCUT2D eigenvalue weighted by molar-refractivity contribution is 0.568. The first-order valence-electron chi connectivity index (χ1n) is 16.3. The van der Waals surface area contributed by atoms with Gasteiger partial charge in [-0.15, -0.1) is 0 Å². The van der Waals surface area contributed by atoms with Gasteiger partial charge < -0.3 is 10.2 Å². The second kappa shape index (κ2) is 19.2. The van der Waals surface area contributed by atoms with Crippen molar-refractivity contribution >= 4 is 27.1 Å². The molecule has 0 aliphatic carbocycles. The van der Waals surface area contributed by atoms with Crippen molar-refractivity contribution in [1.29, 1.82) is 0 Å². The minimum absolute atomic E-state index is 0.212. The lowest BCUT2D eigenvalue weighted by Crippen LogP contribution is -2.26. The van der Waals surface area contributed by atoms with Gasteiger partial charge in [-0.2, -0.15) is 4.39 Å². The first kappa shape index (κ1) is 38.6. The average molecular weight is 655 g/mol. The van der Waals surface area contributed by atoms with Crippen LogP contribution in [0.25, 0.3) is 5.57 Å². The highest BCUT2D eigenvalue weighted by molar-refractivity contribution is 7.92. The van der Waals surface area contributed by atoms with Crippen LogP contribution in [0.5, 0.6) is 0 Å². The quantitative estimate of drug-likeness (QED) is 0.213. The van der Waals surface area contributed by atoms with Crippen LogP contribution in [0, 0.1) is 18.7 Å². The zero-order chi connectivity index (χ0) is 34.3. The van der Waals surface area contributed by atoms with Crippen LogP contribution in [0.15, 0.2) is 77.8 Å². The Morgan fingerprint density at radius 3 is 2.28 bits per heavy atom. The zero-order valence-corrected chi connectivity index (χ0v) is 29.4. The maximum Gasteiger partial charge on any atom is 0.265 e. The number of anilines is 2. The van der Waals surface area contributed by atoms with E-state index in [2.05, 4.69) is 67.5 Å². The Morgan fingerprint density at radius 2 is 1.67 bits per heavy atom. The number of unbranched alkanes of at least 4 members (excludes halogenated alkanes) is 2. The third-order valence-corrected chi connectivity index (χ3v) is 8.97. The van der Waals surface area contributed by atoms with Crippen LogP contribution in [0.3, 0.4) is 0 Å². The van der Waals surface area contributed by atoms with Crippen molar-refractivity contribution in [1.82, 2.24) is 10.3 Å². The van der Waals surface area contributed by atoms with E-state index in [9.17, 15) is 12.8 Å². The summed E-state index contributed by atoms with van der Waals surface area (Å²) in [4.78, 5) is 4.88. The Bertz CT molecular complexity index is 1550. The van der Waals surface area contributed by atoms with Gasteiger partial charge in [-0.25, -0.2) is 17.8 Å². The van der Waals surface area contributed by atoms with Gasteiger partial charge in [0.05, 0.1) is 6.04 Å². The molecule has 0 saturated heterocycles. The zero-order valence-electron chi connectivity index (χ0n) is 28.6. The molecule has 6 nitrogen and oxygen atoms in total. The van der Waals surface area contributed by atoms with Gasteiger partial charge in [-0.3, -0.25) is 4.72 Å². The monoisotopic (exact) mass is 654 g/mol. The van der Waals surface area contributed by atoms with E-state index in [0.717, 1.165) is 43.1 Å². The van der Waals surface area contributed by atoms with Crippen LogP contribution in [0.1, 0.15) is 103 Å². The summed E-state index contributed by atoms with van der Waals surface area (Å²) in [7, 11) is -4.35. The molecule has 1 aliphatic heterocycles. The fourth-order valence-corrected chi connectivity index (χ4v) is 6.00. The molecule has 3 aromatic rings. The Hall–Kier alpha value is -3.56. The molecule has 1 aromatic heterocycles. The summed E-state index contributed by atoms with van der Waals surface area (Å²) in [5.74, 6) is -2.01. The molecule has 0 amide bonds. The Labute approximate surface area is 276 Å². The third kappa shape index (κ3) is 11.1. The van der Waals surface area contributed by atoms with E-state index < -0.39 is 26.7 Å². The molecule has 4 rings (SSSR count). The molecule has 252 valence electrons. The summed E-state index contributed by atoms with van der Waals surface area (Å²) >= 11 is 0. The van der Waals surface area contributed by atoms with Crippen molar-refractivity contribution in [3.8, 4) is 0 Å². The van der Waals surface area contributed by atoms with E-state index in [-0.39, 0.29) is 11.9 Å². The molecule has 0 saturated carbocycles. The van der Waals surface area contributed by atoms with E-state index in [0.29, 0.717) is 16.9 Å². The maximum absolute atomic E-state index is 15.4. The lowest BCUT2D eigenvalue weighted by Gasteiger charge is -2.34. The molecule has 1 atom stereocenters. The number of allylic oxidation sites excluding steroid dienone is 2. The van der Waals surface area contributed by atoms with Gasteiger partial charge in [0.25, 0.3) is 10.0 Å². The highest BCUT2D eigenvalue weighted by Gasteiger charge is 2.27. The average Bonchev–Trinajstić information content (AvgIpc) is 3.32. The minimum atomic E-state index is -4.35. The lowest BCUT2D eigenvalue weighted by atomic mass is 9.91. The Morgan fingerprint density at radius 1 is 1.02 bits per heavy atom. The van der Waals surface area contributed by atoms with Crippen molar-refractivity contribution < 1.29 is 17.2 Å². The number of aryl methyl sites for hydroxylation is 1. The first-order chi connectivity index (χ1) is 21.9. The molecule has 0 spiro atoms. The number of hydrogen-bond acceptors (Lipinski definition) is 5. The molecular formula is C37H52F2N4O2S. The van der Waals surface area contributed by atoms with Gasteiger partial charge in [0.2, 0.25) is 5.95 Å². The van der Waals surface area contributed by atoms with E-state index in [1.54, 1.807) is 6.92 Å². The summed E-state index contributed by atoms with van der Waals surface area (Å²) in [6, 6.07) is 14.1. The third-order valence-electron chi connectivity index (χ3n) is 7.60. The number of halogens is 2. The van der Waals surface area contributed by atoms with Crippen LogP contribution in [0.2, 0.25) is 0 Å². The highest BCUT2D eigenvalue weighted by atomic mass is 32.2. The van der Waals surface area contributed by atoms with E-state index in [1.807, 2.05) is 30.9 Å². The molecule has 0 unspecified atom stereocenters. The van der Waals surface area contributed by atoms with Crippen LogP contribution in [0.4, 0.5) is 20.3 Å². The smallest absolute Gasteiger partial charge is 0.265 e. The predicted molar refractivity (Wildman–Crippen MR) is 190 cm³/mol. The summed E-state index contributed by atoms with van der Waals surface area (Å²) in [5.41, 5.74) is 5.21. The largest absolute Gasteiger partial charge is 0.338 e. The molecule has 2 aromatic carbocycles. The Kier molecular flexibility index (Phi) is 16.1. The predicted octanol–water partition coefficient (Wildman–Crippen LogP) is 9.95. The molecule has 0 bridgehead atoms. The summed E-state index contributed by atoms with van der Waals surface area (Å²) < 4.78 is 56.9. The molecule has 0 radical (unpaired) electrons. The number of rotatable bonds is 10. The standard InChI is InChI=1S/C29H32F2N4O2S.2C4H10/c1-19(2)35(21(4)23-10-5-6-11-24(23)22-9-8-15-32-16-14-22)26-18-25(30)27(17-20(26)3)38(36,37)34-29-13-7-12-28(31)33-29;2*1-3-4-2/h5-7,10-14,17-18,21,32H,1,8-9,15-16H2,2-4H3,(H,33,34);2*3-4H2,1-2H3/t21-;;/m1../s1. The minimum Gasteiger partial charge on any atom is -0.338 e. The highest BCUT2D eigenvalue weighted by Crippen LogP contribution is 2.38. The number of benzene rings is 2. The topological polar surface area (TPSA) is 74.3 Å². The number of pyridine rings is 1. The van der Waals surface area contributed by atoms with Gasteiger partial charge >= 0.3 is 0 Å². The van der Waals surface area contributed by atoms with Gasteiger partial charge in [0.15, 0.2) is 0 Å². The number of nitrogens with zero attached hydrogens (tertiary/aromatic N) is 2. The van der Waals surface area contributed by atoms with E-state index >= 15 is 4.39 Å². The van der Waals surface area contributed by atoms with Crippen LogP contribution in [-0.2, 0) is 10.0 Å². The Balaban J connectivity index is 0.000000825. The van der Waals surface area contributed by atoms with Crippen LogP contribution >= 0.6 is 0 Å².